The van der Waals surface area contributed by atoms with Crippen molar-refractivity contribution in [3.8, 4) is 0 Å². The van der Waals surface area contributed by atoms with Gasteiger partial charge in [-0.25, -0.2) is 4.68 Å². The van der Waals surface area contributed by atoms with Crippen molar-refractivity contribution in [3.63, 3.8) is 0 Å². The summed E-state index contributed by atoms with van der Waals surface area (Å²) in [5.74, 6) is 1.81. The van der Waals surface area contributed by atoms with Gasteiger partial charge in [-0.1, -0.05) is 43.3 Å². The number of aromatic nitrogens is 3. The summed E-state index contributed by atoms with van der Waals surface area (Å²) in [4.78, 5) is 4.55. The molecule has 2 heterocycles. The van der Waals surface area contributed by atoms with Gasteiger partial charge in [-0.2, -0.15) is 10.1 Å². The lowest BCUT2D eigenvalue weighted by atomic mass is 9.99. The van der Waals surface area contributed by atoms with Crippen LogP contribution in [0.4, 0.5) is 5.95 Å². The van der Waals surface area contributed by atoms with E-state index in [2.05, 4.69) is 64.8 Å². The van der Waals surface area contributed by atoms with Crippen molar-refractivity contribution in [2.75, 3.05) is 11.9 Å². The summed E-state index contributed by atoms with van der Waals surface area (Å²) in [6.07, 6.45) is 1.91. The first-order chi connectivity index (χ1) is 10.3. The molecule has 1 aliphatic rings. The van der Waals surface area contributed by atoms with E-state index in [1.54, 1.807) is 0 Å². The largest absolute Gasteiger partial charge is 0.354 e. The Morgan fingerprint density at radius 2 is 2.05 bits per heavy atom. The number of hydrogen-bond donors (Lipinski definition) is 1. The Labute approximate surface area is 123 Å². The molecule has 0 saturated heterocycles. The highest BCUT2D eigenvalue weighted by Gasteiger charge is 2.24. The number of fused-ring (bicyclic) bond motifs is 2. The van der Waals surface area contributed by atoms with Crippen LogP contribution < -0.4 is 5.32 Å². The van der Waals surface area contributed by atoms with E-state index in [1.165, 1.54) is 16.3 Å². The van der Waals surface area contributed by atoms with Crippen LogP contribution in [0, 0.1) is 0 Å². The van der Waals surface area contributed by atoms with E-state index in [1.807, 2.05) is 4.68 Å². The fourth-order valence-corrected chi connectivity index (χ4v) is 3.02. The number of nitrogens with one attached hydrogen (secondary N) is 1. The van der Waals surface area contributed by atoms with Gasteiger partial charge in [0.1, 0.15) is 0 Å². The normalized spacial score (nSPS) is 17.5. The molecule has 4 rings (SSSR count). The quantitative estimate of drug-likeness (QED) is 0.781. The summed E-state index contributed by atoms with van der Waals surface area (Å²) < 4.78 is 2.05. The van der Waals surface area contributed by atoms with Crippen LogP contribution in [0.15, 0.2) is 42.5 Å². The fourth-order valence-electron chi connectivity index (χ4n) is 3.02. The molecule has 1 aromatic heterocycles. The third-order valence-corrected chi connectivity index (χ3v) is 4.15. The van der Waals surface area contributed by atoms with Crippen LogP contribution in [0.1, 0.15) is 30.8 Å². The highest BCUT2D eigenvalue weighted by atomic mass is 15.4. The molecule has 1 N–H and O–H groups in total. The molecule has 0 saturated carbocycles. The molecule has 106 valence electrons. The predicted molar refractivity (Wildman–Crippen MR) is 84.6 cm³/mol. The Morgan fingerprint density at radius 3 is 2.90 bits per heavy atom. The molecular formula is C17H18N4. The van der Waals surface area contributed by atoms with Crippen molar-refractivity contribution in [2.24, 2.45) is 0 Å². The Morgan fingerprint density at radius 1 is 1.19 bits per heavy atom. The minimum atomic E-state index is 0.277. The first kappa shape index (κ1) is 12.4. The predicted octanol–water partition coefficient (Wildman–Crippen LogP) is 3.40. The van der Waals surface area contributed by atoms with Crippen LogP contribution in [0.2, 0.25) is 0 Å². The molecule has 0 bridgehead atoms. The van der Waals surface area contributed by atoms with E-state index in [-0.39, 0.29) is 6.04 Å². The van der Waals surface area contributed by atoms with Crippen molar-refractivity contribution in [1.29, 1.82) is 0 Å². The smallest absolute Gasteiger partial charge is 0.221 e. The highest BCUT2D eigenvalue weighted by molar-refractivity contribution is 5.83. The maximum atomic E-state index is 4.65. The summed E-state index contributed by atoms with van der Waals surface area (Å²) in [7, 11) is 0. The molecule has 0 fully saturated rings. The van der Waals surface area contributed by atoms with E-state index >= 15 is 0 Å². The van der Waals surface area contributed by atoms with Crippen LogP contribution in [-0.4, -0.2) is 21.3 Å². The summed E-state index contributed by atoms with van der Waals surface area (Å²) in [5, 5.41) is 10.6. The van der Waals surface area contributed by atoms with Crippen LogP contribution in [0.5, 0.6) is 0 Å². The lowest BCUT2D eigenvalue weighted by Crippen LogP contribution is -2.24. The van der Waals surface area contributed by atoms with Gasteiger partial charge in [0, 0.05) is 13.0 Å². The number of aryl methyl sites for hydroxylation is 1. The van der Waals surface area contributed by atoms with Crippen molar-refractivity contribution in [2.45, 2.75) is 25.8 Å². The molecule has 4 heteroatoms. The second-order valence-electron chi connectivity index (χ2n) is 5.49. The molecule has 2 aromatic carbocycles. The zero-order valence-electron chi connectivity index (χ0n) is 12.1. The highest BCUT2D eigenvalue weighted by Crippen LogP contribution is 2.30. The zero-order chi connectivity index (χ0) is 14.2. The molecule has 1 aliphatic heterocycles. The van der Waals surface area contributed by atoms with Gasteiger partial charge in [0.2, 0.25) is 5.95 Å². The van der Waals surface area contributed by atoms with E-state index in [0.29, 0.717) is 0 Å². The van der Waals surface area contributed by atoms with Crippen molar-refractivity contribution < 1.29 is 0 Å². The summed E-state index contributed by atoms with van der Waals surface area (Å²) in [5.41, 5.74) is 1.31. The van der Waals surface area contributed by atoms with Gasteiger partial charge in [0.15, 0.2) is 5.82 Å². The summed E-state index contributed by atoms with van der Waals surface area (Å²) >= 11 is 0. The van der Waals surface area contributed by atoms with Gasteiger partial charge in [0.05, 0.1) is 6.04 Å². The second kappa shape index (κ2) is 4.88. The Kier molecular flexibility index (Phi) is 2.88. The average Bonchev–Trinajstić information content (AvgIpc) is 2.97. The van der Waals surface area contributed by atoms with Crippen LogP contribution in [0.3, 0.4) is 0 Å². The van der Waals surface area contributed by atoms with E-state index in [0.717, 1.165) is 31.2 Å². The molecule has 4 nitrogen and oxygen atoms in total. The fraction of sp³-hybridized carbons (Fsp3) is 0.294. The Balaban J connectivity index is 1.80. The number of rotatable bonds is 2. The molecule has 0 radical (unpaired) electrons. The van der Waals surface area contributed by atoms with E-state index < -0.39 is 0 Å². The minimum absolute atomic E-state index is 0.277. The number of anilines is 1. The lowest BCUT2D eigenvalue weighted by Gasteiger charge is -2.25. The number of benzene rings is 2. The maximum Gasteiger partial charge on any atom is 0.221 e. The van der Waals surface area contributed by atoms with Gasteiger partial charge in [-0.3, -0.25) is 0 Å². The van der Waals surface area contributed by atoms with Gasteiger partial charge < -0.3 is 5.32 Å². The lowest BCUT2D eigenvalue weighted by molar-refractivity contribution is 0.478. The zero-order valence-corrected chi connectivity index (χ0v) is 12.1. The molecule has 1 unspecified atom stereocenters. The average molecular weight is 278 g/mol. The number of nitrogens with zero attached hydrogens (tertiary/aromatic N) is 3. The van der Waals surface area contributed by atoms with Crippen molar-refractivity contribution in [3.05, 3.63) is 53.9 Å². The molecule has 21 heavy (non-hydrogen) atoms. The topological polar surface area (TPSA) is 42.7 Å². The van der Waals surface area contributed by atoms with Gasteiger partial charge in [-0.15, -0.1) is 0 Å². The van der Waals surface area contributed by atoms with Crippen LogP contribution in [0.25, 0.3) is 10.8 Å². The Bertz CT molecular complexity index is 790. The number of hydrogen-bond acceptors (Lipinski definition) is 3. The molecular weight excluding hydrogens is 260 g/mol. The molecule has 0 aliphatic carbocycles. The first-order valence-corrected chi connectivity index (χ1v) is 7.53. The van der Waals surface area contributed by atoms with Gasteiger partial charge in [-0.05, 0) is 28.8 Å². The SMILES string of the molecule is CCc1nc2n(n1)C(c1ccc3ccccc3c1)CCN2. The maximum absolute atomic E-state index is 4.65. The third kappa shape index (κ3) is 2.07. The monoisotopic (exact) mass is 278 g/mol. The Hall–Kier alpha value is -2.36. The summed E-state index contributed by atoms with van der Waals surface area (Å²) in [6, 6.07) is 15.5. The minimum Gasteiger partial charge on any atom is -0.354 e. The van der Waals surface area contributed by atoms with Crippen molar-refractivity contribution >= 4 is 16.7 Å². The standard InChI is InChI=1S/C17H18N4/c1-2-16-19-17-18-10-9-15(21(17)20-16)14-8-7-12-5-3-4-6-13(12)11-14/h3-8,11,15H,2,9-10H2,1H3,(H,18,19,20). The second-order valence-corrected chi connectivity index (χ2v) is 5.49. The van der Waals surface area contributed by atoms with E-state index in [4.69, 9.17) is 0 Å². The molecule has 3 aromatic rings. The molecule has 0 amide bonds. The van der Waals surface area contributed by atoms with Gasteiger partial charge >= 0.3 is 0 Å². The van der Waals surface area contributed by atoms with Gasteiger partial charge in [0.25, 0.3) is 0 Å². The molecule has 1 atom stereocenters. The van der Waals surface area contributed by atoms with E-state index in [9.17, 15) is 0 Å². The molecule has 0 spiro atoms. The third-order valence-electron chi connectivity index (χ3n) is 4.15. The van der Waals surface area contributed by atoms with Crippen molar-refractivity contribution in [1.82, 2.24) is 14.8 Å². The summed E-state index contributed by atoms with van der Waals surface area (Å²) in [6.45, 7) is 3.03. The van der Waals surface area contributed by atoms with Crippen LogP contribution in [-0.2, 0) is 6.42 Å². The van der Waals surface area contributed by atoms with Crippen LogP contribution >= 0.6 is 0 Å². The first-order valence-electron chi connectivity index (χ1n) is 7.53.